The highest BCUT2D eigenvalue weighted by Gasteiger charge is 2.47. The molecule has 3 heterocycles. The highest BCUT2D eigenvalue weighted by molar-refractivity contribution is 5.95. The van der Waals surface area contributed by atoms with Crippen LogP contribution in [0.3, 0.4) is 0 Å². The summed E-state index contributed by atoms with van der Waals surface area (Å²) in [6.07, 6.45) is -5.45. The quantitative estimate of drug-likeness (QED) is 0.358. The Morgan fingerprint density at radius 1 is 1.08 bits per heavy atom. The lowest BCUT2D eigenvalue weighted by molar-refractivity contribution is -0.192. The van der Waals surface area contributed by atoms with E-state index in [1.165, 1.54) is 4.90 Å². The van der Waals surface area contributed by atoms with Gasteiger partial charge in [0.25, 0.3) is 11.8 Å². The molecule has 14 heteroatoms. The number of benzene rings is 2. The molecule has 1 saturated heterocycles. The molecule has 4 aromatic rings. The minimum atomic E-state index is -5.08. The maximum atomic E-state index is 14.6. The van der Waals surface area contributed by atoms with E-state index < -0.39 is 30.6 Å². The van der Waals surface area contributed by atoms with Crippen molar-refractivity contribution in [3.63, 3.8) is 0 Å². The molecule has 2 aromatic carbocycles. The van der Waals surface area contributed by atoms with Crippen LogP contribution in [0.4, 0.5) is 22.0 Å². The fraction of sp³-hybridized carbons (Fsp3) is 0.240. The zero-order valence-electron chi connectivity index (χ0n) is 19.9. The third-order valence-electron chi connectivity index (χ3n) is 5.76. The Morgan fingerprint density at radius 2 is 1.82 bits per heavy atom. The second kappa shape index (κ2) is 11.0. The van der Waals surface area contributed by atoms with E-state index in [0.717, 1.165) is 5.39 Å². The van der Waals surface area contributed by atoms with Gasteiger partial charge in [0, 0.05) is 41.7 Å². The molecule has 1 aliphatic rings. The van der Waals surface area contributed by atoms with E-state index in [9.17, 15) is 26.7 Å². The van der Waals surface area contributed by atoms with E-state index in [1.54, 1.807) is 48.7 Å². The predicted molar refractivity (Wildman–Crippen MR) is 127 cm³/mol. The second-order valence-electron chi connectivity index (χ2n) is 8.45. The lowest BCUT2D eigenvalue weighted by Crippen LogP contribution is -2.55. The Hall–Kier alpha value is -4.62. The van der Waals surface area contributed by atoms with Crippen LogP contribution in [0.15, 0.2) is 66.9 Å². The van der Waals surface area contributed by atoms with Crippen LogP contribution in [-0.4, -0.2) is 73.6 Å². The van der Waals surface area contributed by atoms with Gasteiger partial charge < -0.3 is 14.7 Å². The van der Waals surface area contributed by atoms with Crippen LogP contribution in [-0.2, 0) is 4.79 Å². The van der Waals surface area contributed by atoms with Gasteiger partial charge in [-0.2, -0.15) is 13.2 Å². The number of ether oxygens (including phenoxy) is 1. The highest BCUT2D eigenvalue weighted by atomic mass is 19.4. The molecule has 5 rings (SSSR count). The second-order valence-corrected chi connectivity index (χ2v) is 8.45. The summed E-state index contributed by atoms with van der Waals surface area (Å²) in [5.74, 6) is -6.07. The number of nitrogens with zero attached hydrogens (tertiary/aromatic N) is 4. The molecule has 1 amide bonds. The number of nitrogens with one attached hydrogen (secondary N) is 1. The average Bonchev–Trinajstić information content (AvgIpc) is 3.45. The maximum Gasteiger partial charge on any atom is 0.490 e. The van der Waals surface area contributed by atoms with Crippen LogP contribution < -0.4 is 4.74 Å². The Labute approximate surface area is 217 Å². The van der Waals surface area contributed by atoms with Gasteiger partial charge >= 0.3 is 12.1 Å². The molecule has 2 aromatic heterocycles. The Morgan fingerprint density at radius 3 is 2.51 bits per heavy atom. The van der Waals surface area contributed by atoms with Crippen molar-refractivity contribution >= 4 is 22.8 Å². The molecular weight excluding hydrogens is 529 g/mol. The van der Waals surface area contributed by atoms with Gasteiger partial charge in [-0.1, -0.05) is 35.5 Å². The first-order valence-electron chi connectivity index (χ1n) is 11.4. The Balaban J connectivity index is 0.000000448. The van der Waals surface area contributed by atoms with Crippen molar-refractivity contribution in [1.29, 1.82) is 0 Å². The number of rotatable bonds is 4. The molecule has 0 bridgehead atoms. The van der Waals surface area contributed by atoms with E-state index in [2.05, 4.69) is 20.4 Å². The summed E-state index contributed by atoms with van der Waals surface area (Å²) in [6, 6.07) is 17.6. The molecule has 0 unspecified atom stereocenters. The summed E-state index contributed by atoms with van der Waals surface area (Å²) in [6.45, 7) is -0.306. The molecule has 1 atom stereocenters. The van der Waals surface area contributed by atoms with Crippen LogP contribution in [0.2, 0.25) is 0 Å². The number of likely N-dealkylation sites (tertiary alicyclic amines) is 1. The summed E-state index contributed by atoms with van der Waals surface area (Å²) in [7, 11) is 0. The number of para-hydroxylation sites is 1. The number of pyridine rings is 1. The third-order valence-corrected chi connectivity index (χ3v) is 5.76. The van der Waals surface area contributed by atoms with Gasteiger partial charge in [0.05, 0.1) is 12.1 Å². The number of carbonyl (C=O) groups is 2. The number of carbonyl (C=O) groups excluding carboxylic acids is 1. The molecule has 9 nitrogen and oxygen atoms in total. The Bertz CT molecular complexity index is 1460. The first kappa shape index (κ1) is 27.4. The number of aromatic nitrogens is 4. The molecule has 0 aliphatic carbocycles. The molecule has 0 radical (unpaired) electrons. The topological polar surface area (TPSA) is 121 Å². The minimum Gasteiger partial charge on any atom is -0.475 e. The minimum absolute atomic E-state index is 0.0645. The molecule has 1 aliphatic heterocycles. The van der Waals surface area contributed by atoms with Crippen molar-refractivity contribution in [2.75, 3.05) is 13.1 Å². The van der Waals surface area contributed by atoms with Crippen molar-refractivity contribution in [3.8, 4) is 17.1 Å². The lowest BCUT2D eigenvalue weighted by atomic mass is 10.0. The number of piperidine rings is 1. The van der Waals surface area contributed by atoms with Gasteiger partial charge in [0.2, 0.25) is 5.88 Å². The summed E-state index contributed by atoms with van der Waals surface area (Å²) >= 11 is 0. The van der Waals surface area contributed by atoms with Crippen LogP contribution >= 0.6 is 0 Å². The van der Waals surface area contributed by atoms with Crippen molar-refractivity contribution in [3.05, 3.63) is 72.4 Å². The number of aromatic amines is 1. The molecule has 1 fully saturated rings. The van der Waals surface area contributed by atoms with Crippen molar-refractivity contribution in [2.24, 2.45) is 0 Å². The first-order valence-corrected chi connectivity index (χ1v) is 11.4. The van der Waals surface area contributed by atoms with E-state index in [-0.39, 0.29) is 24.9 Å². The third kappa shape index (κ3) is 6.64. The van der Waals surface area contributed by atoms with Gasteiger partial charge in [-0.25, -0.2) is 18.6 Å². The summed E-state index contributed by atoms with van der Waals surface area (Å²) in [4.78, 5) is 27.7. The van der Waals surface area contributed by atoms with Gasteiger partial charge in [0.1, 0.15) is 5.69 Å². The number of carboxylic acid groups (broad SMARTS) is 1. The molecular formula is C25H20F5N5O4. The Kier molecular flexibility index (Phi) is 7.74. The fourth-order valence-corrected chi connectivity index (χ4v) is 3.77. The lowest BCUT2D eigenvalue weighted by Gasteiger charge is -2.38. The number of amides is 1. The van der Waals surface area contributed by atoms with Crippen LogP contribution in [0.1, 0.15) is 16.8 Å². The fourth-order valence-electron chi connectivity index (χ4n) is 3.77. The molecule has 0 spiro atoms. The largest absolute Gasteiger partial charge is 0.490 e. The highest BCUT2D eigenvalue weighted by Crippen LogP contribution is 2.32. The van der Waals surface area contributed by atoms with Gasteiger partial charge in [0.15, 0.2) is 6.10 Å². The van der Waals surface area contributed by atoms with Gasteiger partial charge in [-0.15, -0.1) is 5.10 Å². The van der Waals surface area contributed by atoms with Crippen molar-refractivity contribution in [2.45, 2.75) is 24.6 Å². The van der Waals surface area contributed by atoms with Gasteiger partial charge in [-0.3, -0.25) is 9.89 Å². The zero-order valence-corrected chi connectivity index (χ0v) is 19.9. The first-order chi connectivity index (χ1) is 18.4. The van der Waals surface area contributed by atoms with E-state index >= 15 is 0 Å². The SMILES string of the molecule is O=C(O)C(F)(F)F.O=C(c1cccc(-c2c[nH]nn2)c1)N1CCC(F)(F)[C@@H](Oc2ccc3ccccc3n2)C1. The van der Waals surface area contributed by atoms with E-state index in [4.69, 9.17) is 14.6 Å². The number of fused-ring (bicyclic) bond motifs is 1. The number of alkyl halides is 5. The monoisotopic (exact) mass is 549 g/mol. The zero-order chi connectivity index (χ0) is 28.2. The number of hydrogen-bond donors (Lipinski definition) is 2. The number of aliphatic carboxylic acids is 1. The van der Waals surface area contributed by atoms with Crippen LogP contribution in [0.25, 0.3) is 22.2 Å². The molecule has 204 valence electrons. The van der Waals surface area contributed by atoms with E-state index in [0.29, 0.717) is 22.3 Å². The predicted octanol–water partition coefficient (Wildman–Crippen LogP) is 4.58. The number of carboxylic acids is 1. The van der Waals surface area contributed by atoms with Crippen LogP contribution in [0, 0.1) is 0 Å². The van der Waals surface area contributed by atoms with Gasteiger partial charge in [-0.05, 0) is 24.3 Å². The maximum absolute atomic E-state index is 14.6. The molecule has 2 N–H and O–H groups in total. The van der Waals surface area contributed by atoms with Crippen molar-refractivity contribution < 1.29 is 41.4 Å². The molecule has 39 heavy (non-hydrogen) atoms. The molecule has 0 saturated carbocycles. The number of halogens is 5. The normalized spacial score (nSPS) is 16.7. The van der Waals surface area contributed by atoms with Crippen molar-refractivity contribution in [1.82, 2.24) is 25.3 Å². The average molecular weight is 549 g/mol. The number of H-pyrrole nitrogens is 1. The summed E-state index contributed by atoms with van der Waals surface area (Å²) in [5, 5.41) is 18.3. The van der Waals surface area contributed by atoms with E-state index in [1.807, 2.05) is 18.2 Å². The smallest absolute Gasteiger partial charge is 0.475 e. The summed E-state index contributed by atoms with van der Waals surface area (Å²) < 4.78 is 66.6. The summed E-state index contributed by atoms with van der Waals surface area (Å²) in [5.41, 5.74) is 2.34. The van der Waals surface area contributed by atoms with Crippen LogP contribution in [0.5, 0.6) is 5.88 Å². The number of hydrogen-bond acceptors (Lipinski definition) is 6. The standard InChI is InChI=1S/C23H19F2N5O2.C2HF3O2/c24-23(25)10-11-30(22(31)17-6-3-5-16(12-17)19-13-26-29-28-19)14-20(23)32-21-9-8-15-4-1-2-7-18(15)27-21;3-2(4,5)1(6)7/h1-9,12-13,20H,10-11,14H2,(H,26,28,29);(H,6,7)/t20-;/m0./s1.